The molecule has 0 saturated heterocycles. The summed E-state index contributed by atoms with van der Waals surface area (Å²) in [5.41, 5.74) is 0.136. The van der Waals surface area contributed by atoms with Crippen LogP contribution in [-0.4, -0.2) is 5.91 Å². The van der Waals surface area contributed by atoms with E-state index in [0.717, 1.165) is 24.3 Å². The van der Waals surface area contributed by atoms with Gasteiger partial charge in [-0.05, 0) is 54.6 Å². The maximum atomic E-state index is 13.1. The summed E-state index contributed by atoms with van der Waals surface area (Å²) in [4.78, 5) is 12.3. The van der Waals surface area contributed by atoms with E-state index < -0.39 is 23.5 Å². The first-order valence-electron chi connectivity index (χ1n) is 7.93. The lowest BCUT2D eigenvalue weighted by Crippen LogP contribution is -2.14. The number of nitrogens with one attached hydrogen (secondary N) is 2. The smallest absolute Gasteiger partial charge is 0.354 e. The van der Waals surface area contributed by atoms with E-state index in [-0.39, 0.29) is 11.3 Å². The molecule has 0 fully saturated rings. The van der Waals surface area contributed by atoms with Gasteiger partial charge in [0.05, 0.1) is 16.9 Å². The molecule has 0 bridgehead atoms. The Balaban J connectivity index is 1.94. The fourth-order valence-electron chi connectivity index (χ4n) is 2.41. The predicted octanol–water partition coefficient (Wildman–Crippen LogP) is 5.84. The van der Waals surface area contributed by atoms with Gasteiger partial charge in [0.1, 0.15) is 5.82 Å². The largest absolute Gasteiger partial charge is 0.416 e. The number of anilines is 3. The highest BCUT2D eigenvalue weighted by atomic mass is 19.4. The van der Waals surface area contributed by atoms with Gasteiger partial charge in [0, 0.05) is 11.3 Å². The molecule has 3 aromatic carbocycles. The monoisotopic (exact) mass is 374 g/mol. The third kappa shape index (κ3) is 4.63. The van der Waals surface area contributed by atoms with Gasteiger partial charge in [0.25, 0.3) is 5.91 Å². The van der Waals surface area contributed by atoms with E-state index >= 15 is 0 Å². The van der Waals surface area contributed by atoms with Gasteiger partial charge < -0.3 is 10.6 Å². The van der Waals surface area contributed by atoms with Crippen molar-refractivity contribution in [1.29, 1.82) is 0 Å². The van der Waals surface area contributed by atoms with Crippen LogP contribution in [0.25, 0.3) is 0 Å². The van der Waals surface area contributed by atoms with Crippen LogP contribution in [0.2, 0.25) is 0 Å². The standard InChI is InChI=1S/C20H14F4N2O/c21-15-9-6-13(7-10-15)19(27)26-18-12-14(20(22,23)24)8-11-17(18)25-16-4-2-1-3-5-16/h1-12,25H,(H,26,27). The topological polar surface area (TPSA) is 41.1 Å². The van der Waals surface area contributed by atoms with Gasteiger partial charge in [-0.3, -0.25) is 4.79 Å². The van der Waals surface area contributed by atoms with Crippen molar-refractivity contribution < 1.29 is 22.4 Å². The highest BCUT2D eigenvalue weighted by molar-refractivity contribution is 6.06. The lowest BCUT2D eigenvalue weighted by molar-refractivity contribution is -0.137. The Hall–Kier alpha value is -3.35. The van der Waals surface area contributed by atoms with Crippen molar-refractivity contribution in [3.8, 4) is 0 Å². The Bertz CT molecular complexity index is 938. The quantitative estimate of drug-likeness (QED) is 0.563. The SMILES string of the molecule is O=C(Nc1cc(C(F)(F)F)ccc1Nc1ccccc1)c1ccc(F)cc1. The Labute approximate surface area is 152 Å². The summed E-state index contributed by atoms with van der Waals surface area (Å²) in [5, 5.41) is 5.43. The zero-order chi connectivity index (χ0) is 19.4. The molecule has 0 aliphatic carbocycles. The van der Waals surface area contributed by atoms with Crippen LogP contribution in [0.5, 0.6) is 0 Å². The molecule has 0 unspecified atom stereocenters. The van der Waals surface area contributed by atoms with E-state index in [0.29, 0.717) is 11.4 Å². The van der Waals surface area contributed by atoms with Crippen LogP contribution in [0.15, 0.2) is 72.8 Å². The van der Waals surface area contributed by atoms with Crippen molar-refractivity contribution in [2.45, 2.75) is 6.18 Å². The van der Waals surface area contributed by atoms with Gasteiger partial charge in [-0.1, -0.05) is 18.2 Å². The van der Waals surface area contributed by atoms with Crippen molar-refractivity contribution >= 4 is 23.0 Å². The molecule has 0 spiro atoms. The number of amides is 1. The van der Waals surface area contributed by atoms with Crippen LogP contribution in [0.4, 0.5) is 34.6 Å². The zero-order valence-electron chi connectivity index (χ0n) is 13.8. The third-order valence-electron chi connectivity index (χ3n) is 3.75. The average molecular weight is 374 g/mol. The Morgan fingerprint density at radius 2 is 1.48 bits per heavy atom. The molecule has 0 heterocycles. The Kier molecular flexibility index (Phi) is 5.12. The fraction of sp³-hybridized carbons (Fsp3) is 0.0500. The highest BCUT2D eigenvalue weighted by Crippen LogP contribution is 2.35. The Morgan fingerprint density at radius 1 is 0.815 bits per heavy atom. The first-order chi connectivity index (χ1) is 12.8. The molecular formula is C20H14F4N2O. The van der Waals surface area contributed by atoms with E-state index in [1.54, 1.807) is 30.3 Å². The summed E-state index contributed by atoms with van der Waals surface area (Å²) >= 11 is 0. The molecule has 3 aromatic rings. The second kappa shape index (κ2) is 7.49. The number of benzene rings is 3. The van der Waals surface area contributed by atoms with Gasteiger partial charge in [0.15, 0.2) is 0 Å². The van der Waals surface area contributed by atoms with Gasteiger partial charge in [-0.2, -0.15) is 13.2 Å². The van der Waals surface area contributed by atoms with E-state index in [9.17, 15) is 22.4 Å². The maximum absolute atomic E-state index is 13.1. The summed E-state index contributed by atoms with van der Waals surface area (Å²) in [6.45, 7) is 0. The Morgan fingerprint density at radius 3 is 2.11 bits per heavy atom. The molecule has 7 heteroatoms. The second-order valence-corrected chi connectivity index (χ2v) is 5.71. The van der Waals surface area contributed by atoms with Gasteiger partial charge >= 0.3 is 6.18 Å². The summed E-state index contributed by atoms with van der Waals surface area (Å²) in [6.07, 6.45) is -4.55. The summed E-state index contributed by atoms with van der Waals surface area (Å²) in [5.74, 6) is -1.16. The fourth-order valence-corrected chi connectivity index (χ4v) is 2.41. The first kappa shape index (κ1) is 18.4. The molecule has 27 heavy (non-hydrogen) atoms. The zero-order valence-corrected chi connectivity index (χ0v) is 13.8. The maximum Gasteiger partial charge on any atom is 0.416 e. The number of hydrogen-bond donors (Lipinski definition) is 2. The number of halogens is 4. The van der Waals surface area contributed by atoms with Crippen LogP contribution in [0, 0.1) is 5.82 Å². The first-order valence-corrected chi connectivity index (χ1v) is 7.93. The van der Waals surface area contributed by atoms with Gasteiger partial charge in [-0.15, -0.1) is 0 Å². The predicted molar refractivity (Wildman–Crippen MR) is 95.5 cm³/mol. The number of carbonyl (C=O) groups excluding carboxylic acids is 1. The van der Waals surface area contributed by atoms with Crippen LogP contribution in [0.1, 0.15) is 15.9 Å². The molecule has 3 rings (SSSR count). The highest BCUT2D eigenvalue weighted by Gasteiger charge is 2.31. The number of alkyl halides is 3. The molecule has 0 atom stereocenters. The van der Waals surface area contributed by atoms with Gasteiger partial charge in [0.2, 0.25) is 0 Å². The minimum absolute atomic E-state index is 0.0389. The normalized spacial score (nSPS) is 11.1. The molecule has 0 saturated carbocycles. The molecule has 0 aromatic heterocycles. The number of rotatable bonds is 4. The van der Waals surface area contributed by atoms with E-state index in [1.165, 1.54) is 18.2 Å². The molecule has 0 aliphatic rings. The lowest BCUT2D eigenvalue weighted by atomic mass is 10.1. The van der Waals surface area contributed by atoms with Crippen molar-refractivity contribution in [2.75, 3.05) is 10.6 Å². The van der Waals surface area contributed by atoms with Gasteiger partial charge in [-0.25, -0.2) is 4.39 Å². The van der Waals surface area contributed by atoms with Crippen LogP contribution < -0.4 is 10.6 Å². The second-order valence-electron chi connectivity index (χ2n) is 5.71. The van der Waals surface area contributed by atoms with Crippen molar-refractivity contribution in [3.05, 3.63) is 89.7 Å². The van der Waals surface area contributed by atoms with Crippen LogP contribution >= 0.6 is 0 Å². The molecule has 1 amide bonds. The minimum atomic E-state index is -4.55. The van der Waals surface area contributed by atoms with E-state index in [4.69, 9.17) is 0 Å². The van der Waals surface area contributed by atoms with Crippen molar-refractivity contribution in [1.82, 2.24) is 0 Å². The molecule has 0 radical (unpaired) electrons. The summed E-state index contributed by atoms with van der Waals surface area (Å²) in [7, 11) is 0. The third-order valence-corrected chi connectivity index (χ3v) is 3.75. The molecule has 3 nitrogen and oxygen atoms in total. The van der Waals surface area contributed by atoms with Crippen LogP contribution in [-0.2, 0) is 6.18 Å². The van der Waals surface area contributed by atoms with E-state index in [2.05, 4.69) is 10.6 Å². The number of para-hydroxylation sites is 1. The minimum Gasteiger partial charge on any atom is -0.354 e. The summed E-state index contributed by atoms with van der Waals surface area (Å²) in [6, 6.07) is 16.6. The van der Waals surface area contributed by atoms with Crippen LogP contribution in [0.3, 0.4) is 0 Å². The molecule has 0 aliphatic heterocycles. The summed E-state index contributed by atoms with van der Waals surface area (Å²) < 4.78 is 52.2. The number of hydrogen-bond acceptors (Lipinski definition) is 2. The average Bonchev–Trinajstić information content (AvgIpc) is 2.63. The van der Waals surface area contributed by atoms with E-state index in [1.807, 2.05) is 0 Å². The molecular weight excluding hydrogens is 360 g/mol. The number of carbonyl (C=O) groups is 1. The van der Waals surface area contributed by atoms with Crippen molar-refractivity contribution in [2.24, 2.45) is 0 Å². The molecule has 2 N–H and O–H groups in total. The lowest BCUT2D eigenvalue weighted by Gasteiger charge is -2.16. The van der Waals surface area contributed by atoms with Crippen molar-refractivity contribution in [3.63, 3.8) is 0 Å². The molecule has 138 valence electrons.